The van der Waals surface area contributed by atoms with Crippen LogP contribution in [0, 0.1) is 6.92 Å². The summed E-state index contributed by atoms with van der Waals surface area (Å²) >= 11 is 0. The third-order valence-corrected chi connectivity index (χ3v) is 7.28. The summed E-state index contributed by atoms with van der Waals surface area (Å²) in [7, 11) is 0. The molecule has 2 aliphatic rings. The predicted octanol–water partition coefficient (Wildman–Crippen LogP) is 4.58. The number of hydrogen-bond acceptors (Lipinski definition) is 8. The fourth-order valence-corrected chi connectivity index (χ4v) is 4.89. The Morgan fingerprint density at radius 2 is 1.76 bits per heavy atom. The molecular weight excluding hydrogens is 522 g/mol. The van der Waals surface area contributed by atoms with Gasteiger partial charge < -0.3 is 29.3 Å². The summed E-state index contributed by atoms with van der Waals surface area (Å²) in [5, 5.41) is 7.60. The second-order valence-corrected chi connectivity index (χ2v) is 9.99. The minimum absolute atomic E-state index is 0.0342. The molecule has 0 aliphatic carbocycles. The number of nitrogens with one attached hydrogen (secondary N) is 1. The number of aromatic nitrogens is 2. The Labute approximate surface area is 237 Å². The van der Waals surface area contributed by atoms with E-state index < -0.39 is 5.56 Å². The summed E-state index contributed by atoms with van der Waals surface area (Å²) in [4.78, 5) is 31.3. The monoisotopic (exact) mass is 553 g/mol. The Balaban J connectivity index is 1.33. The third kappa shape index (κ3) is 5.59. The van der Waals surface area contributed by atoms with E-state index in [0.717, 1.165) is 25.2 Å². The van der Waals surface area contributed by atoms with Crippen LogP contribution in [0.5, 0.6) is 23.0 Å². The van der Waals surface area contributed by atoms with Crippen molar-refractivity contribution in [2.75, 3.05) is 44.8 Å². The van der Waals surface area contributed by atoms with Crippen LogP contribution in [0.1, 0.15) is 22.8 Å². The van der Waals surface area contributed by atoms with E-state index >= 15 is 0 Å². The fourth-order valence-electron chi connectivity index (χ4n) is 4.89. The number of carbonyl (C=O) groups is 1. The van der Waals surface area contributed by atoms with Crippen molar-refractivity contribution >= 4 is 17.3 Å². The molecule has 10 heteroatoms. The lowest BCUT2D eigenvalue weighted by Gasteiger charge is -2.34. The molecule has 0 unspecified atom stereocenters. The predicted molar refractivity (Wildman–Crippen MR) is 155 cm³/mol. The molecule has 3 heterocycles. The fraction of sp³-hybridized carbons (Fsp3) is 0.258. The van der Waals surface area contributed by atoms with E-state index in [4.69, 9.17) is 14.2 Å². The first-order valence-corrected chi connectivity index (χ1v) is 13.6. The van der Waals surface area contributed by atoms with Crippen LogP contribution in [0.4, 0.5) is 11.4 Å². The topological polar surface area (TPSA) is 98.2 Å². The van der Waals surface area contributed by atoms with Crippen LogP contribution in [-0.2, 0) is 0 Å². The summed E-state index contributed by atoms with van der Waals surface area (Å²) in [6.45, 7) is 8.31. The van der Waals surface area contributed by atoms with E-state index in [2.05, 4.69) is 22.2 Å². The highest BCUT2D eigenvalue weighted by molar-refractivity contribution is 5.95. The Morgan fingerprint density at radius 1 is 0.976 bits per heavy atom. The lowest BCUT2D eigenvalue weighted by atomic mass is 10.1. The van der Waals surface area contributed by atoms with E-state index in [1.165, 1.54) is 10.9 Å². The average molecular weight is 554 g/mol. The van der Waals surface area contributed by atoms with Crippen LogP contribution in [0.2, 0.25) is 0 Å². The molecule has 1 N–H and O–H groups in total. The highest BCUT2D eigenvalue weighted by atomic mass is 16.7. The second-order valence-electron chi connectivity index (χ2n) is 9.99. The largest absolute Gasteiger partial charge is 0.454 e. The van der Waals surface area contributed by atoms with Crippen LogP contribution in [0.25, 0.3) is 5.69 Å². The van der Waals surface area contributed by atoms with Crippen LogP contribution in [0.15, 0.2) is 77.7 Å². The van der Waals surface area contributed by atoms with Gasteiger partial charge in [0.2, 0.25) is 6.79 Å². The van der Waals surface area contributed by atoms with E-state index in [1.807, 2.05) is 42.2 Å². The van der Waals surface area contributed by atoms with Gasteiger partial charge in [0.05, 0.1) is 11.9 Å². The van der Waals surface area contributed by atoms with Crippen LogP contribution in [-0.4, -0.2) is 65.0 Å². The maximum Gasteiger partial charge on any atom is 0.299 e. The molecule has 1 aromatic heterocycles. The minimum atomic E-state index is -0.403. The molecule has 10 nitrogen and oxygen atoms in total. The van der Waals surface area contributed by atoms with Crippen LogP contribution >= 0.6 is 0 Å². The number of piperazine rings is 1. The first kappa shape index (κ1) is 26.4. The van der Waals surface area contributed by atoms with Crippen molar-refractivity contribution in [3.8, 4) is 28.7 Å². The van der Waals surface area contributed by atoms with Crippen molar-refractivity contribution in [2.24, 2.45) is 0 Å². The summed E-state index contributed by atoms with van der Waals surface area (Å²) in [5.41, 5.74) is 2.59. The van der Waals surface area contributed by atoms with Crippen molar-refractivity contribution in [1.82, 2.24) is 19.6 Å². The molecule has 6 rings (SSSR count). The number of anilines is 2. The van der Waals surface area contributed by atoms with E-state index in [0.29, 0.717) is 47.3 Å². The summed E-state index contributed by atoms with van der Waals surface area (Å²) in [6, 6.07) is 19.9. The highest BCUT2D eigenvalue weighted by Gasteiger charge is 2.22. The van der Waals surface area contributed by atoms with Gasteiger partial charge in [-0.15, -0.1) is 0 Å². The van der Waals surface area contributed by atoms with Gasteiger partial charge in [-0.2, -0.15) is 9.78 Å². The summed E-state index contributed by atoms with van der Waals surface area (Å²) in [5.74, 6) is 1.84. The highest BCUT2D eigenvalue weighted by Crippen LogP contribution is 2.37. The lowest BCUT2D eigenvalue weighted by Crippen LogP contribution is -2.48. The van der Waals surface area contributed by atoms with Gasteiger partial charge in [0, 0.05) is 43.5 Å². The molecule has 1 saturated heterocycles. The van der Waals surface area contributed by atoms with Gasteiger partial charge in [-0.25, -0.2) is 0 Å². The Kier molecular flexibility index (Phi) is 7.30. The van der Waals surface area contributed by atoms with Gasteiger partial charge in [-0.05, 0) is 55.9 Å². The van der Waals surface area contributed by atoms with Crippen LogP contribution in [0.3, 0.4) is 0 Å². The maximum absolute atomic E-state index is 13.8. The number of benzene rings is 3. The number of carbonyl (C=O) groups excluding carboxylic acids is 1. The number of ether oxygens (including phenoxy) is 3. The van der Waals surface area contributed by atoms with Crippen molar-refractivity contribution in [1.29, 1.82) is 0 Å². The van der Waals surface area contributed by atoms with E-state index in [9.17, 15) is 9.59 Å². The Hall–Kier alpha value is -4.83. The number of fused-ring (bicyclic) bond motifs is 1. The van der Waals surface area contributed by atoms with Crippen molar-refractivity contribution in [2.45, 2.75) is 13.8 Å². The minimum Gasteiger partial charge on any atom is -0.454 e. The zero-order valence-corrected chi connectivity index (χ0v) is 23.0. The van der Waals surface area contributed by atoms with Gasteiger partial charge in [0.15, 0.2) is 22.9 Å². The SMILES string of the molecule is CCN1CCN(C(=O)c2cccc(Nc3c(Oc4ccc5c(c4)OCO5)cnn(-c4ccc(C)cc4)c3=O)c2)CC1. The normalized spacial score (nSPS) is 14.6. The third-order valence-electron chi connectivity index (χ3n) is 7.28. The molecule has 1 fully saturated rings. The van der Waals surface area contributed by atoms with Gasteiger partial charge >= 0.3 is 0 Å². The second kappa shape index (κ2) is 11.3. The van der Waals surface area contributed by atoms with Gasteiger partial charge in [-0.3, -0.25) is 9.59 Å². The van der Waals surface area contributed by atoms with E-state index in [1.54, 1.807) is 36.4 Å². The quantitative estimate of drug-likeness (QED) is 0.355. The molecule has 0 radical (unpaired) electrons. The number of amides is 1. The number of likely N-dealkylation sites (N-methyl/N-ethyl adjacent to an activating group) is 1. The Morgan fingerprint density at radius 3 is 2.54 bits per heavy atom. The zero-order chi connectivity index (χ0) is 28.3. The summed E-state index contributed by atoms with van der Waals surface area (Å²) in [6.07, 6.45) is 1.50. The van der Waals surface area contributed by atoms with Crippen molar-refractivity contribution in [3.05, 3.63) is 94.4 Å². The van der Waals surface area contributed by atoms with Crippen molar-refractivity contribution in [3.63, 3.8) is 0 Å². The number of rotatable bonds is 7. The number of nitrogens with zero attached hydrogens (tertiary/aromatic N) is 4. The summed E-state index contributed by atoms with van der Waals surface area (Å²) < 4.78 is 18.3. The van der Waals surface area contributed by atoms with Crippen LogP contribution < -0.4 is 25.1 Å². The average Bonchev–Trinajstić information content (AvgIpc) is 3.47. The zero-order valence-electron chi connectivity index (χ0n) is 23.0. The lowest BCUT2D eigenvalue weighted by molar-refractivity contribution is 0.0643. The maximum atomic E-state index is 13.8. The molecule has 3 aromatic carbocycles. The molecule has 0 spiro atoms. The van der Waals surface area contributed by atoms with Gasteiger partial charge in [0.25, 0.3) is 11.5 Å². The van der Waals surface area contributed by atoms with Crippen molar-refractivity contribution < 1.29 is 19.0 Å². The standard InChI is InChI=1S/C31H31N5O5/c1-3-34-13-15-35(16-14-34)30(37)22-5-4-6-23(17-22)33-29-28(41-25-11-12-26-27(18-25)40-20-39-26)19-32-36(31(29)38)24-9-7-21(2)8-10-24/h4-12,17-19,33H,3,13-16,20H2,1-2H3. The van der Waals surface area contributed by atoms with Gasteiger partial charge in [0.1, 0.15) is 5.75 Å². The molecular formula is C31H31N5O5. The molecule has 4 aromatic rings. The number of aryl methyl sites for hydroxylation is 1. The molecule has 2 aliphatic heterocycles. The molecule has 0 saturated carbocycles. The van der Waals surface area contributed by atoms with Gasteiger partial charge in [-0.1, -0.05) is 30.7 Å². The van der Waals surface area contributed by atoms with E-state index in [-0.39, 0.29) is 24.1 Å². The Bertz CT molecular complexity index is 1630. The smallest absolute Gasteiger partial charge is 0.299 e. The molecule has 210 valence electrons. The molecule has 1 amide bonds. The number of hydrogen-bond donors (Lipinski definition) is 1. The molecule has 41 heavy (non-hydrogen) atoms. The first-order chi connectivity index (χ1) is 20.0. The molecule has 0 atom stereocenters. The molecule has 0 bridgehead atoms. The first-order valence-electron chi connectivity index (χ1n) is 13.6.